The molecule has 0 radical (unpaired) electrons. The number of aliphatic carboxylic acids is 1. The minimum atomic E-state index is -0.833. The Balaban J connectivity index is 4.01. The zero-order valence-electron chi connectivity index (χ0n) is 12.5. The second-order valence-corrected chi connectivity index (χ2v) is 5.49. The van der Waals surface area contributed by atoms with E-state index in [1.54, 1.807) is 6.92 Å². The lowest BCUT2D eigenvalue weighted by molar-refractivity contribution is -0.144. The van der Waals surface area contributed by atoms with E-state index in [0.717, 1.165) is 19.4 Å². The third kappa shape index (κ3) is 6.36. The second kappa shape index (κ2) is 8.48. The molecular formula is C14H29NO3. The van der Waals surface area contributed by atoms with Gasteiger partial charge in [0.1, 0.15) is 5.54 Å². The molecule has 0 bridgehead atoms. The molecule has 0 aromatic rings. The molecule has 18 heavy (non-hydrogen) atoms. The van der Waals surface area contributed by atoms with Crippen molar-refractivity contribution < 1.29 is 14.6 Å². The standard InChI is InChI=1S/C14H29NO3/c1-6-9-15-14(5,13(16)17)8-7-10-18-12(4)11(2)3/h11-12,15H,6-10H2,1-5H3,(H,16,17). The summed E-state index contributed by atoms with van der Waals surface area (Å²) in [6.45, 7) is 11.4. The monoisotopic (exact) mass is 259 g/mol. The molecular weight excluding hydrogens is 230 g/mol. The topological polar surface area (TPSA) is 58.6 Å². The molecule has 0 aliphatic heterocycles. The van der Waals surface area contributed by atoms with Gasteiger partial charge in [-0.1, -0.05) is 20.8 Å². The molecule has 0 amide bonds. The largest absolute Gasteiger partial charge is 0.480 e. The molecule has 0 aliphatic carbocycles. The smallest absolute Gasteiger partial charge is 0.323 e. The van der Waals surface area contributed by atoms with Crippen LogP contribution in [-0.2, 0) is 9.53 Å². The van der Waals surface area contributed by atoms with Crippen molar-refractivity contribution in [3.63, 3.8) is 0 Å². The van der Waals surface area contributed by atoms with Crippen molar-refractivity contribution in [2.75, 3.05) is 13.2 Å². The van der Waals surface area contributed by atoms with Crippen LogP contribution in [0.5, 0.6) is 0 Å². The SMILES string of the molecule is CCCNC(C)(CCCOC(C)C(C)C)C(=O)O. The highest BCUT2D eigenvalue weighted by Crippen LogP contribution is 2.14. The molecule has 0 heterocycles. The van der Waals surface area contributed by atoms with E-state index in [0.29, 0.717) is 18.9 Å². The van der Waals surface area contributed by atoms with Gasteiger partial charge in [0.15, 0.2) is 0 Å². The number of carbonyl (C=O) groups is 1. The average Bonchev–Trinajstić information content (AvgIpc) is 2.31. The van der Waals surface area contributed by atoms with Gasteiger partial charge in [0.25, 0.3) is 0 Å². The van der Waals surface area contributed by atoms with Gasteiger partial charge in [0.05, 0.1) is 6.10 Å². The Morgan fingerprint density at radius 3 is 2.44 bits per heavy atom. The van der Waals surface area contributed by atoms with Crippen LogP contribution in [0.15, 0.2) is 0 Å². The fourth-order valence-electron chi connectivity index (χ4n) is 1.56. The van der Waals surface area contributed by atoms with Crippen LogP contribution >= 0.6 is 0 Å². The highest BCUT2D eigenvalue weighted by Gasteiger charge is 2.31. The molecule has 0 aromatic carbocycles. The van der Waals surface area contributed by atoms with Gasteiger partial charge in [-0.05, 0) is 45.6 Å². The summed E-state index contributed by atoms with van der Waals surface area (Å²) in [5, 5.41) is 12.4. The molecule has 4 heteroatoms. The molecule has 0 saturated heterocycles. The third-order valence-corrected chi connectivity index (χ3v) is 3.38. The molecule has 108 valence electrons. The van der Waals surface area contributed by atoms with Crippen molar-refractivity contribution in [3.05, 3.63) is 0 Å². The molecule has 0 aliphatic rings. The van der Waals surface area contributed by atoms with Crippen LogP contribution in [-0.4, -0.2) is 35.9 Å². The minimum Gasteiger partial charge on any atom is -0.480 e. The Labute approximate surface area is 111 Å². The van der Waals surface area contributed by atoms with Crippen molar-refractivity contribution in [2.45, 2.75) is 65.5 Å². The quantitative estimate of drug-likeness (QED) is 0.592. The summed E-state index contributed by atoms with van der Waals surface area (Å²) in [4.78, 5) is 11.3. The molecule has 0 fully saturated rings. The fourth-order valence-corrected chi connectivity index (χ4v) is 1.56. The lowest BCUT2D eigenvalue weighted by Crippen LogP contribution is -2.49. The molecule has 4 nitrogen and oxygen atoms in total. The van der Waals surface area contributed by atoms with Gasteiger partial charge in [0, 0.05) is 6.61 Å². The average molecular weight is 259 g/mol. The molecule has 0 spiro atoms. The van der Waals surface area contributed by atoms with Gasteiger partial charge in [0.2, 0.25) is 0 Å². The minimum absolute atomic E-state index is 0.227. The van der Waals surface area contributed by atoms with E-state index in [4.69, 9.17) is 4.74 Å². The number of carboxylic acids is 1. The number of hydrogen-bond donors (Lipinski definition) is 2. The highest BCUT2D eigenvalue weighted by molar-refractivity contribution is 5.78. The van der Waals surface area contributed by atoms with E-state index >= 15 is 0 Å². The van der Waals surface area contributed by atoms with Crippen molar-refractivity contribution in [2.24, 2.45) is 5.92 Å². The van der Waals surface area contributed by atoms with E-state index in [-0.39, 0.29) is 6.10 Å². The first-order valence-corrected chi connectivity index (χ1v) is 6.93. The number of carboxylic acid groups (broad SMARTS) is 1. The van der Waals surface area contributed by atoms with Crippen LogP contribution in [0, 0.1) is 5.92 Å². The van der Waals surface area contributed by atoms with E-state index < -0.39 is 11.5 Å². The Morgan fingerprint density at radius 2 is 2.00 bits per heavy atom. The summed E-state index contributed by atoms with van der Waals surface area (Å²) in [5.41, 5.74) is -0.833. The fraction of sp³-hybridized carbons (Fsp3) is 0.929. The van der Waals surface area contributed by atoms with Crippen LogP contribution < -0.4 is 5.32 Å². The maximum absolute atomic E-state index is 11.3. The molecule has 2 N–H and O–H groups in total. The Hall–Kier alpha value is -0.610. The third-order valence-electron chi connectivity index (χ3n) is 3.38. The lowest BCUT2D eigenvalue weighted by Gasteiger charge is -2.26. The zero-order valence-corrected chi connectivity index (χ0v) is 12.5. The van der Waals surface area contributed by atoms with Gasteiger partial charge in [-0.2, -0.15) is 0 Å². The number of hydrogen-bond acceptors (Lipinski definition) is 3. The zero-order chi connectivity index (χ0) is 14.2. The van der Waals surface area contributed by atoms with Crippen molar-refractivity contribution in [3.8, 4) is 0 Å². The van der Waals surface area contributed by atoms with Gasteiger partial charge < -0.3 is 15.2 Å². The second-order valence-electron chi connectivity index (χ2n) is 5.49. The molecule has 2 unspecified atom stereocenters. The number of rotatable bonds is 10. The van der Waals surface area contributed by atoms with E-state index in [2.05, 4.69) is 26.1 Å². The first-order valence-electron chi connectivity index (χ1n) is 6.93. The summed E-state index contributed by atoms with van der Waals surface area (Å²) in [6, 6.07) is 0. The van der Waals surface area contributed by atoms with Crippen LogP contribution in [0.25, 0.3) is 0 Å². The summed E-state index contributed by atoms with van der Waals surface area (Å²) in [6.07, 6.45) is 2.51. The first kappa shape index (κ1) is 17.4. The van der Waals surface area contributed by atoms with Gasteiger partial charge in [-0.25, -0.2) is 0 Å². The number of nitrogens with one attached hydrogen (secondary N) is 1. The van der Waals surface area contributed by atoms with Crippen LogP contribution in [0.3, 0.4) is 0 Å². The maximum Gasteiger partial charge on any atom is 0.323 e. The Bertz CT molecular complexity index is 243. The van der Waals surface area contributed by atoms with Crippen LogP contribution in [0.4, 0.5) is 0 Å². The van der Waals surface area contributed by atoms with E-state index in [9.17, 15) is 9.90 Å². The predicted molar refractivity (Wildman–Crippen MR) is 73.8 cm³/mol. The van der Waals surface area contributed by atoms with Gasteiger partial charge in [-0.3, -0.25) is 4.79 Å². The maximum atomic E-state index is 11.3. The van der Waals surface area contributed by atoms with Crippen molar-refractivity contribution in [1.82, 2.24) is 5.32 Å². The summed E-state index contributed by atoms with van der Waals surface area (Å²) in [5.74, 6) is -0.290. The van der Waals surface area contributed by atoms with Gasteiger partial charge in [-0.15, -0.1) is 0 Å². The predicted octanol–water partition coefficient (Wildman–Crippen LogP) is 2.67. The molecule has 2 atom stereocenters. The summed E-state index contributed by atoms with van der Waals surface area (Å²) >= 11 is 0. The Kier molecular flexibility index (Phi) is 8.20. The van der Waals surface area contributed by atoms with E-state index in [1.807, 2.05) is 6.92 Å². The number of ether oxygens (including phenoxy) is 1. The highest BCUT2D eigenvalue weighted by atomic mass is 16.5. The normalized spacial score (nSPS) is 16.6. The summed E-state index contributed by atoms with van der Waals surface area (Å²) < 4.78 is 5.66. The van der Waals surface area contributed by atoms with Crippen molar-refractivity contribution in [1.29, 1.82) is 0 Å². The molecule has 0 saturated carbocycles. The van der Waals surface area contributed by atoms with Crippen molar-refractivity contribution >= 4 is 5.97 Å². The summed E-state index contributed by atoms with van der Waals surface area (Å²) in [7, 11) is 0. The van der Waals surface area contributed by atoms with E-state index in [1.165, 1.54) is 0 Å². The van der Waals surface area contributed by atoms with Crippen LogP contribution in [0.1, 0.15) is 53.9 Å². The first-order chi connectivity index (χ1) is 8.33. The van der Waals surface area contributed by atoms with Gasteiger partial charge >= 0.3 is 5.97 Å². The Morgan fingerprint density at radius 1 is 1.39 bits per heavy atom. The van der Waals surface area contributed by atoms with Crippen LogP contribution in [0.2, 0.25) is 0 Å². The molecule has 0 rings (SSSR count). The lowest BCUT2D eigenvalue weighted by atomic mass is 9.96. The molecule has 0 aromatic heterocycles.